The molecule has 4 nitrogen and oxygen atoms in total. The average molecular weight is 210 g/mol. The molecule has 2 N–H and O–H groups in total. The van der Waals surface area contributed by atoms with Crippen LogP contribution in [0.4, 0.5) is 0 Å². The highest BCUT2D eigenvalue weighted by Gasteiger charge is 2.21. The molecule has 0 atom stereocenters. The predicted molar refractivity (Wildman–Crippen MR) is 62.9 cm³/mol. The van der Waals surface area contributed by atoms with E-state index in [4.69, 9.17) is 5.73 Å². The van der Waals surface area contributed by atoms with E-state index in [0.29, 0.717) is 6.04 Å². The molecule has 1 saturated heterocycles. The van der Waals surface area contributed by atoms with Crippen LogP contribution in [-0.2, 0) is 0 Å². The molecule has 0 unspecified atom stereocenters. The highest BCUT2D eigenvalue weighted by atomic mass is 15.3. The van der Waals surface area contributed by atoms with Crippen molar-refractivity contribution >= 4 is 5.96 Å². The minimum absolute atomic E-state index is 0.527. The fourth-order valence-electron chi connectivity index (χ4n) is 1.90. The Balaban J connectivity index is 1.68. The molecule has 86 valence electrons. The van der Waals surface area contributed by atoms with Crippen LogP contribution >= 0.6 is 0 Å². The molecule has 0 aromatic rings. The van der Waals surface area contributed by atoms with Crippen LogP contribution in [0.2, 0.25) is 0 Å². The summed E-state index contributed by atoms with van der Waals surface area (Å²) in [6, 6.07) is 0.527. The average Bonchev–Trinajstić information content (AvgIpc) is 2.88. The zero-order chi connectivity index (χ0) is 10.7. The molecule has 0 bridgehead atoms. The minimum Gasteiger partial charge on any atom is -0.370 e. The van der Waals surface area contributed by atoms with Crippen LogP contribution in [0, 0.1) is 0 Å². The SMILES string of the molecule is CN(CCN1CCCC1)C(N)=NC1CC1. The van der Waals surface area contributed by atoms with E-state index in [1.165, 1.54) is 38.8 Å². The van der Waals surface area contributed by atoms with E-state index in [9.17, 15) is 0 Å². The van der Waals surface area contributed by atoms with Gasteiger partial charge in [-0.15, -0.1) is 0 Å². The van der Waals surface area contributed by atoms with Gasteiger partial charge in [-0.3, -0.25) is 0 Å². The first-order chi connectivity index (χ1) is 7.25. The zero-order valence-corrected chi connectivity index (χ0v) is 9.65. The predicted octanol–water partition coefficient (Wildman–Crippen LogP) is 0.491. The van der Waals surface area contributed by atoms with Crippen LogP contribution in [0.5, 0.6) is 0 Å². The zero-order valence-electron chi connectivity index (χ0n) is 9.65. The fourth-order valence-corrected chi connectivity index (χ4v) is 1.90. The van der Waals surface area contributed by atoms with Gasteiger partial charge in [0.1, 0.15) is 0 Å². The molecule has 0 radical (unpaired) electrons. The maximum absolute atomic E-state index is 5.90. The summed E-state index contributed by atoms with van der Waals surface area (Å²) in [5.74, 6) is 0.719. The topological polar surface area (TPSA) is 44.9 Å². The maximum Gasteiger partial charge on any atom is 0.191 e. The summed E-state index contributed by atoms with van der Waals surface area (Å²) < 4.78 is 0. The second-order valence-electron chi connectivity index (χ2n) is 4.69. The summed E-state index contributed by atoms with van der Waals surface area (Å²) in [6.45, 7) is 4.64. The number of nitrogens with zero attached hydrogens (tertiary/aromatic N) is 3. The third-order valence-electron chi connectivity index (χ3n) is 3.20. The van der Waals surface area contributed by atoms with E-state index in [0.717, 1.165) is 19.0 Å². The Hall–Kier alpha value is -0.770. The van der Waals surface area contributed by atoms with Crippen molar-refractivity contribution in [1.29, 1.82) is 0 Å². The monoisotopic (exact) mass is 210 g/mol. The molecule has 0 amide bonds. The molecule has 1 aliphatic heterocycles. The third-order valence-corrected chi connectivity index (χ3v) is 3.20. The van der Waals surface area contributed by atoms with E-state index in [-0.39, 0.29) is 0 Å². The number of rotatable bonds is 4. The van der Waals surface area contributed by atoms with Crippen LogP contribution in [0.15, 0.2) is 4.99 Å². The lowest BCUT2D eigenvalue weighted by molar-refractivity contribution is 0.306. The van der Waals surface area contributed by atoms with Gasteiger partial charge in [0, 0.05) is 20.1 Å². The smallest absolute Gasteiger partial charge is 0.191 e. The third kappa shape index (κ3) is 3.38. The number of hydrogen-bond donors (Lipinski definition) is 1. The normalized spacial score (nSPS) is 23.4. The van der Waals surface area contributed by atoms with Gasteiger partial charge in [0.05, 0.1) is 6.04 Å². The van der Waals surface area contributed by atoms with E-state index < -0.39 is 0 Å². The van der Waals surface area contributed by atoms with Gasteiger partial charge in [-0.1, -0.05) is 0 Å². The Kier molecular flexibility index (Phi) is 3.46. The quantitative estimate of drug-likeness (QED) is 0.542. The summed E-state index contributed by atoms with van der Waals surface area (Å²) in [7, 11) is 2.04. The van der Waals surface area contributed by atoms with E-state index in [1.54, 1.807) is 0 Å². The van der Waals surface area contributed by atoms with Crippen molar-refractivity contribution in [1.82, 2.24) is 9.80 Å². The molecule has 0 spiro atoms. The number of hydrogen-bond acceptors (Lipinski definition) is 2. The van der Waals surface area contributed by atoms with Crippen LogP contribution in [0.25, 0.3) is 0 Å². The van der Waals surface area contributed by atoms with Gasteiger partial charge in [0.2, 0.25) is 0 Å². The second kappa shape index (κ2) is 4.84. The lowest BCUT2D eigenvalue weighted by atomic mass is 10.4. The Morgan fingerprint density at radius 2 is 2.07 bits per heavy atom. The first kappa shape index (κ1) is 10.7. The van der Waals surface area contributed by atoms with E-state index >= 15 is 0 Å². The van der Waals surface area contributed by atoms with Crippen LogP contribution in [0.3, 0.4) is 0 Å². The van der Waals surface area contributed by atoms with E-state index in [2.05, 4.69) is 14.8 Å². The lowest BCUT2D eigenvalue weighted by Gasteiger charge is -2.22. The van der Waals surface area contributed by atoms with Crippen molar-refractivity contribution in [3.63, 3.8) is 0 Å². The molecule has 1 heterocycles. The van der Waals surface area contributed by atoms with Crippen molar-refractivity contribution in [2.45, 2.75) is 31.7 Å². The van der Waals surface area contributed by atoms with Gasteiger partial charge in [-0.25, -0.2) is 4.99 Å². The van der Waals surface area contributed by atoms with Crippen molar-refractivity contribution < 1.29 is 0 Å². The summed E-state index contributed by atoms with van der Waals surface area (Å²) in [6.07, 6.45) is 5.16. The van der Waals surface area contributed by atoms with Gasteiger partial charge in [0.15, 0.2) is 5.96 Å². The Morgan fingerprint density at radius 3 is 2.67 bits per heavy atom. The second-order valence-corrected chi connectivity index (χ2v) is 4.69. The first-order valence-corrected chi connectivity index (χ1v) is 6.02. The number of likely N-dealkylation sites (tertiary alicyclic amines) is 1. The van der Waals surface area contributed by atoms with Crippen molar-refractivity contribution in [3.8, 4) is 0 Å². The molecule has 0 aromatic heterocycles. The summed E-state index contributed by atoms with van der Waals surface area (Å²) in [4.78, 5) is 9.02. The lowest BCUT2D eigenvalue weighted by Crippen LogP contribution is -2.39. The number of nitrogens with two attached hydrogens (primary N) is 1. The molecule has 2 aliphatic rings. The molecule has 1 saturated carbocycles. The molecule has 2 rings (SSSR count). The molecular weight excluding hydrogens is 188 g/mol. The number of guanidine groups is 1. The molecule has 0 aromatic carbocycles. The molecular formula is C11H22N4. The van der Waals surface area contributed by atoms with Crippen LogP contribution in [-0.4, -0.2) is 55.0 Å². The Bertz CT molecular complexity index is 229. The van der Waals surface area contributed by atoms with Gasteiger partial charge < -0.3 is 15.5 Å². The van der Waals surface area contributed by atoms with Gasteiger partial charge in [-0.05, 0) is 38.8 Å². The minimum atomic E-state index is 0.527. The van der Waals surface area contributed by atoms with Crippen LogP contribution in [0.1, 0.15) is 25.7 Å². The Labute approximate surface area is 92.1 Å². The van der Waals surface area contributed by atoms with Crippen molar-refractivity contribution in [2.75, 3.05) is 33.2 Å². The number of aliphatic imine (C=N–C) groups is 1. The summed E-state index contributed by atoms with van der Waals surface area (Å²) >= 11 is 0. The summed E-state index contributed by atoms with van der Waals surface area (Å²) in [5.41, 5.74) is 5.90. The molecule has 4 heteroatoms. The fraction of sp³-hybridized carbons (Fsp3) is 0.909. The molecule has 1 aliphatic carbocycles. The summed E-state index contributed by atoms with van der Waals surface area (Å²) in [5, 5.41) is 0. The highest BCUT2D eigenvalue weighted by molar-refractivity contribution is 5.78. The van der Waals surface area contributed by atoms with Gasteiger partial charge in [-0.2, -0.15) is 0 Å². The van der Waals surface area contributed by atoms with E-state index in [1.807, 2.05) is 7.05 Å². The van der Waals surface area contributed by atoms with Crippen molar-refractivity contribution in [3.05, 3.63) is 0 Å². The van der Waals surface area contributed by atoms with Gasteiger partial charge in [0.25, 0.3) is 0 Å². The maximum atomic E-state index is 5.90. The molecule has 15 heavy (non-hydrogen) atoms. The standard InChI is InChI=1S/C11H22N4/c1-14(11(12)13-10-4-5-10)8-9-15-6-2-3-7-15/h10H,2-9H2,1H3,(H2,12,13). The Morgan fingerprint density at radius 1 is 1.40 bits per heavy atom. The highest BCUT2D eigenvalue weighted by Crippen LogP contribution is 2.23. The molecule has 2 fully saturated rings. The number of likely N-dealkylation sites (N-methyl/N-ethyl adjacent to an activating group) is 1. The first-order valence-electron chi connectivity index (χ1n) is 6.02. The van der Waals surface area contributed by atoms with Crippen LogP contribution < -0.4 is 5.73 Å². The largest absolute Gasteiger partial charge is 0.370 e. The van der Waals surface area contributed by atoms with Gasteiger partial charge >= 0.3 is 0 Å². The van der Waals surface area contributed by atoms with Crippen molar-refractivity contribution in [2.24, 2.45) is 10.7 Å².